The fourth-order valence-electron chi connectivity index (χ4n) is 4.37. The van der Waals surface area contributed by atoms with Crippen molar-refractivity contribution >= 4 is 22.6 Å². The number of halogens is 1. The molecule has 0 spiro atoms. The highest BCUT2D eigenvalue weighted by Crippen LogP contribution is 2.38. The molecule has 1 aromatic heterocycles. The van der Waals surface area contributed by atoms with Gasteiger partial charge in [0.15, 0.2) is 0 Å². The van der Waals surface area contributed by atoms with Crippen LogP contribution in [0.4, 0.5) is 14.9 Å². The highest BCUT2D eigenvalue weighted by Gasteiger charge is 2.34. The molecule has 1 atom stereocenters. The zero-order chi connectivity index (χ0) is 20.7. The van der Waals surface area contributed by atoms with E-state index >= 15 is 0 Å². The summed E-state index contributed by atoms with van der Waals surface area (Å²) in [6.45, 7) is 2.57. The Morgan fingerprint density at radius 3 is 2.67 bits per heavy atom. The molecule has 1 aliphatic heterocycles. The summed E-state index contributed by atoms with van der Waals surface area (Å²) in [5, 5.41) is 4.21. The zero-order valence-corrected chi connectivity index (χ0v) is 16.7. The van der Waals surface area contributed by atoms with Crippen LogP contribution in [0.2, 0.25) is 0 Å². The van der Waals surface area contributed by atoms with Crippen molar-refractivity contribution in [2.75, 3.05) is 11.9 Å². The number of benzene rings is 3. The molecule has 2 heterocycles. The maximum Gasteiger partial charge on any atom is 0.322 e. The van der Waals surface area contributed by atoms with E-state index in [-0.39, 0.29) is 17.9 Å². The first-order chi connectivity index (χ1) is 14.6. The molecular weight excluding hydrogens is 377 g/mol. The van der Waals surface area contributed by atoms with E-state index in [1.165, 1.54) is 23.1 Å². The van der Waals surface area contributed by atoms with Gasteiger partial charge in [0.1, 0.15) is 5.82 Å². The molecule has 0 aliphatic carbocycles. The summed E-state index contributed by atoms with van der Waals surface area (Å²) in [7, 11) is 0. The molecule has 30 heavy (non-hydrogen) atoms. The third-order valence-corrected chi connectivity index (χ3v) is 5.75. The van der Waals surface area contributed by atoms with Gasteiger partial charge in [-0.25, -0.2) is 9.18 Å². The number of nitrogens with zero attached hydrogens (tertiary/aromatic N) is 1. The first-order valence-corrected chi connectivity index (χ1v) is 10.1. The molecule has 2 N–H and O–H groups in total. The van der Waals surface area contributed by atoms with Crippen LogP contribution in [0.15, 0.2) is 72.8 Å². The zero-order valence-electron chi connectivity index (χ0n) is 16.7. The second-order valence-electron chi connectivity index (χ2n) is 7.76. The standard InChI is InChI=1S/C25H22FN3O/c1-16-5-4-6-19(15-16)27-25(30)29-14-13-21-20-7-2-3-8-22(20)28-23(21)24(29)17-9-11-18(26)12-10-17/h2-12,15,24,28H,13-14H2,1H3,(H,27,30)/t24-/m0/s1. The number of urea groups is 1. The molecule has 1 aliphatic rings. The van der Waals surface area contributed by atoms with E-state index in [0.717, 1.165) is 34.4 Å². The van der Waals surface area contributed by atoms with Gasteiger partial charge >= 0.3 is 6.03 Å². The summed E-state index contributed by atoms with van der Waals surface area (Å²) >= 11 is 0. The Kier molecular flexibility index (Phi) is 4.51. The van der Waals surface area contributed by atoms with E-state index in [9.17, 15) is 9.18 Å². The average molecular weight is 399 g/mol. The number of hydrogen-bond acceptors (Lipinski definition) is 1. The third-order valence-electron chi connectivity index (χ3n) is 5.75. The first-order valence-electron chi connectivity index (χ1n) is 10.1. The van der Waals surface area contributed by atoms with Crippen LogP contribution in [0.3, 0.4) is 0 Å². The minimum absolute atomic E-state index is 0.167. The van der Waals surface area contributed by atoms with Gasteiger partial charge < -0.3 is 15.2 Å². The lowest BCUT2D eigenvalue weighted by atomic mass is 9.92. The Morgan fingerprint density at radius 2 is 1.87 bits per heavy atom. The van der Waals surface area contributed by atoms with Gasteiger partial charge in [0.25, 0.3) is 0 Å². The maximum atomic E-state index is 13.6. The molecule has 5 rings (SSSR count). The second-order valence-corrected chi connectivity index (χ2v) is 7.76. The van der Waals surface area contributed by atoms with Crippen LogP contribution < -0.4 is 5.32 Å². The van der Waals surface area contributed by atoms with Crippen LogP contribution in [0, 0.1) is 12.7 Å². The molecule has 4 aromatic rings. The van der Waals surface area contributed by atoms with Gasteiger partial charge in [-0.2, -0.15) is 0 Å². The lowest BCUT2D eigenvalue weighted by Gasteiger charge is -2.36. The minimum Gasteiger partial charge on any atom is -0.356 e. The Morgan fingerprint density at radius 1 is 1.07 bits per heavy atom. The van der Waals surface area contributed by atoms with Crippen LogP contribution in [0.5, 0.6) is 0 Å². The number of para-hydroxylation sites is 1. The number of aryl methyl sites for hydroxylation is 1. The number of amides is 2. The number of anilines is 1. The monoisotopic (exact) mass is 399 g/mol. The molecule has 150 valence electrons. The van der Waals surface area contributed by atoms with Crippen molar-refractivity contribution in [2.45, 2.75) is 19.4 Å². The van der Waals surface area contributed by atoms with Gasteiger partial charge in [0.2, 0.25) is 0 Å². The number of aromatic nitrogens is 1. The molecule has 0 radical (unpaired) electrons. The summed E-state index contributed by atoms with van der Waals surface area (Å²) in [5.41, 5.74) is 5.99. The van der Waals surface area contributed by atoms with Crippen molar-refractivity contribution in [2.24, 2.45) is 0 Å². The Hall–Kier alpha value is -3.60. The lowest BCUT2D eigenvalue weighted by Crippen LogP contribution is -2.43. The predicted octanol–water partition coefficient (Wildman–Crippen LogP) is 5.80. The Balaban J connectivity index is 1.57. The number of rotatable bonds is 2. The number of fused-ring (bicyclic) bond motifs is 3. The largest absolute Gasteiger partial charge is 0.356 e. The molecule has 3 aromatic carbocycles. The van der Waals surface area contributed by atoms with Crippen LogP contribution in [-0.4, -0.2) is 22.5 Å². The summed E-state index contributed by atoms with van der Waals surface area (Å²) in [4.78, 5) is 18.6. The summed E-state index contributed by atoms with van der Waals surface area (Å²) in [5.74, 6) is -0.290. The highest BCUT2D eigenvalue weighted by atomic mass is 19.1. The van der Waals surface area contributed by atoms with Crippen LogP contribution in [-0.2, 0) is 6.42 Å². The van der Waals surface area contributed by atoms with Crippen molar-refractivity contribution < 1.29 is 9.18 Å². The number of hydrogen-bond donors (Lipinski definition) is 2. The second kappa shape index (κ2) is 7.34. The van der Waals surface area contributed by atoms with Crippen LogP contribution in [0.25, 0.3) is 10.9 Å². The van der Waals surface area contributed by atoms with Crippen LogP contribution in [0.1, 0.15) is 28.4 Å². The van der Waals surface area contributed by atoms with Crippen molar-refractivity contribution in [1.29, 1.82) is 0 Å². The van der Waals surface area contributed by atoms with Crippen LogP contribution >= 0.6 is 0 Å². The van der Waals surface area contributed by atoms with E-state index in [0.29, 0.717) is 6.54 Å². The highest BCUT2D eigenvalue weighted by molar-refractivity contribution is 5.91. The summed E-state index contributed by atoms with van der Waals surface area (Å²) < 4.78 is 13.6. The molecule has 0 unspecified atom stereocenters. The van der Waals surface area contributed by atoms with E-state index in [1.54, 1.807) is 12.1 Å². The van der Waals surface area contributed by atoms with E-state index in [2.05, 4.69) is 16.4 Å². The van der Waals surface area contributed by atoms with Crippen molar-refractivity contribution in [1.82, 2.24) is 9.88 Å². The maximum absolute atomic E-state index is 13.6. The third kappa shape index (κ3) is 3.22. The number of carbonyl (C=O) groups is 1. The van der Waals surface area contributed by atoms with Crippen molar-refractivity contribution in [3.05, 3.63) is 101 Å². The molecule has 0 saturated carbocycles. The van der Waals surface area contributed by atoms with Gasteiger partial charge in [-0.05, 0) is 60.4 Å². The van der Waals surface area contributed by atoms with E-state index < -0.39 is 0 Å². The first kappa shape index (κ1) is 18.4. The van der Waals surface area contributed by atoms with E-state index in [1.807, 2.05) is 54.3 Å². The minimum atomic E-state index is -0.313. The predicted molar refractivity (Wildman–Crippen MR) is 117 cm³/mol. The van der Waals surface area contributed by atoms with Crippen molar-refractivity contribution in [3.63, 3.8) is 0 Å². The molecular formula is C25H22FN3O. The molecule has 0 fully saturated rings. The fourth-order valence-corrected chi connectivity index (χ4v) is 4.37. The average Bonchev–Trinajstić information content (AvgIpc) is 3.12. The van der Waals surface area contributed by atoms with Gasteiger partial charge in [-0.1, -0.05) is 42.5 Å². The fraction of sp³-hybridized carbons (Fsp3) is 0.160. The lowest BCUT2D eigenvalue weighted by molar-refractivity contribution is 0.193. The van der Waals surface area contributed by atoms with Crippen molar-refractivity contribution in [3.8, 4) is 0 Å². The Bertz CT molecular complexity index is 1230. The van der Waals surface area contributed by atoms with E-state index in [4.69, 9.17) is 0 Å². The molecule has 5 heteroatoms. The SMILES string of the molecule is Cc1cccc(NC(=O)N2CCc3c([nH]c4ccccc34)[C@@H]2c2ccc(F)cc2)c1. The molecule has 4 nitrogen and oxygen atoms in total. The summed E-state index contributed by atoms with van der Waals surface area (Å²) in [6, 6.07) is 21.9. The Labute approximate surface area is 174 Å². The smallest absolute Gasteiger partial charge is 0.322 e. The summed E-state index contributed by atoms with van der Waals surface area (Å²) in [6.07, 6.45) is 0.762. The topological polar surface area (TPSA) is 48.1 Å². The molecule has 0 saturated heterocycles. The quantitative estimate of drug-likeness (QED) is 0.440. The molecule has 0 bridgehead atoms. The number of nitrogens with one attached hydrogen (secondary N) is 2. The van der Waals surface area contributed by atoms with Gasteiger partial charge in [0, 0.05) is 28.8 Å². The number of H-pyrrole nitrogens is 1. The number of aromatic amines is 1. The van der Waals surface area contributed by atoms with Gasteiger partial charge in [-0.15, -0.1) is 0 Å². The van der Waals surface area contributed by atoms with Gasteiger partial charge in [0.05, 0.1) is 6.04 Å². The normalized spacial score (nSPS) is 15.8. The van der Waals surface area contributed by atoms with Gasteiger partial charge in [-0.3, -0.25) is 0 Å². The number of carbonyl (C=O) groups excluding carboxylic acids is 1. The molecule has 2 amide bonds.